The van der Waals surface area contributed by atoms with Crippen molar-refractivity contribution in [2.75, 3.05) is 19.6 Å². The number of rotatable bonds is 1. The van der Waals surface area contributed by atoms with Crippen LogP contribution in [-0.4, -0.2) is 35.6 Å². The normalized spacial score (nSPS) is 33.2. The van der Waals surface area contributed by atoms with Crippen LogP contribution in [0.15, 0.2) is 0 Å². The molecule has 1 aliphatic carbocycles. The van der Waals surface area contributed by atoms with Crippen molar-refractivity contribution in [3.05, 3.63) is 0 Å². The average molecular weight is 168 g/mol. The van der Waals surface area contributed by atoms with Gasteiger partial charge >= 0.3 is 0 Å². The zero-order valence-electron chi connectivity index (χ0n) is 8.48. The number of hydrogen-bond acceptors (Lipinski definition) is 2. The van der Waals surface area contributed by atoms with Gasteiger partial charge < -0.3 is 5.32 Å². The second-order valence-electron chi connectivity index (χ2n) is 5.23. The minimum Gasteiger partial charge on any atom is -0.309 e. The third kappa shape index (κ3) is 1.50. The van der Waals surface area contributed by atoms with Gasteiger partial charge in [-0.1, -0.05) is 0 Å². The van der Waals surface area contributed by atoms with Gasteiger partial charge in [-0.15, -0.1) is 0 Å². The second-order valence-corrected chi connectivity index (χ2v) is 5.23. The lowest BCUT2D eigenvalue weighted by atomic mass is 10.0. The van der Waals surface area contributed by atoms with Crippen LogP contribution in [0.2, 0.25) is 0 Å². The van der Waals surface area contributed by atoms with Crippen LogP contribution in [0, 0.1) is 0 Å². The Morgan fingerprint density at radius 1 is 1.17 bits per heavy atom. The monoisotopic (exact) mass is 168 g/mol. The maximum atomic E-state index is 3.55. The molecule has 1 heterocycles. The molecule has 0 atom stereocenters. The molecule has 2 nitrogen and oxygen atoms in total. The zero-order valence-corrected chi connectivity index (χ0v) is 8.48. The minimum atomic E-state index is 0.323. The molecule has 2 fully saturated rings. The zero-order chi connectivity index (χ0) is 8.82. The van der Waals surface area contributed by atoms with Crippen LogP contribution < -0.4 is 5.32 Å². The summed E-state index contributed by atoms with van der Waals surface area (Å²) in [6, 6.07) is 0. The Labute approximate surface area is 75.3 Å². The van der Waals surface area contributed by atoms with E-state index in [4.69, 9.17) is 0 Å². The molecule has 12 heavy (non-hydrogen) atoms. The van der Waals surface area contributed by atoms with Gasteiger partial charge in [0.25, 0.3) is 0 Å². The molecule has 0 spiro atoms. The lowest BCUT2D eigenvalue weighted by Gasteiger charge is -2.42. The van der Waals surface area contributed by atoms with Crippen molar-refractivity contribution in [2.45, 2.75) is 44.7 Å². The van der Waals surface area contributed by atoms with E-state index in [9.17, 15) is 0 Å². The summed E-state index contributed by atoms with van der Waals surface area (Å²) in [4.78, 5) is 2.66. The molecule has 2 heteroatoms. The summed E-state index contributed by atoms with van der Waals surface area (Å²) in [5.74, 6) is 0. The molecular weight excluding hydrogens is 148 g/mol. The van der Waals surface area contributed by atoms with Crippen molar-refractivity contribution in [2.24, 2.45) is 0 Å². The molecule has 0 bridgehead atoms. The highest BCUT2D eigenvalue weighted by atomic mass is 15.3. The van der Waals surface area contributed by atoms with Crippen molar-refractivity contribution in [3.63, 3.8) is 0 Å². The van der Waals surface area contributed by atoms with Crippen molar-refractivity contribution >= 4 is 0 Å². The van der Waals surface area contributed by atoms with Crippen LogP contribution >= 0.6 is 0 Å². The Balaban J connectivity index is 1.99. The molecule has 1 saturated carbocycles. The van der Waals surface area contributed by atoms with E-state index in [0.717, 1.165) is 6.54 Å². The summed E-state index contributed by atoms with van der Waals surface area (Å²) in [5, 5.41) is 3.55. The molecule has 0 unspecified atom stereocenters. The molecule has 2 rings (SSSR count). The molecule has 0 amide bonds. The van der Waals surface area contributed by atoms with Crippen LogP contribution in [0.3, 0.4) is 0 Å². The van der Waals surface area contributed by atoms with Gasteiger partial charge in [0.05, 0.1) is 0 Å². The van der Waals surface area contributed by atoms with Crippen LogP contribution in [0.4, 0.5) is 0 Å². The lowest BCUT2D eigenvalue weighted by molar-refractivity contribution is 0.104. The van der Waals surface area contributed by atoms with Crippen LogP contribution in [-0.2, 0) is 0 Å². The standard InChI is InChI=1S/C10H20N2/c1-9(2)8-12(7-6-11-9)10(3)4-5-10/h11H,4-8H2,1-3H3. The van der Waals surface area contributed by atoms with Gasteiger partial charge in [-0.25, -0.2) is 0 Å². The highest BCUT2D eigenvalue weighted by Gasteiger charge is 2.45. The average Bonchev–Trinajstić information content (AvgIpc) is 2.67. The quantitative estimate of drug-likeness (QED) is 0.633. The number of piperazine rings is 1. The van der Waals surface area contributed by atoms with Gasteiger partial charge in [-0.05, 0) is 33.6 Å². The summed E-state index contributed by atoms with van der Waals surface area (Å²) in [6.07, 6.45) is 2.81. The Morgan fingerprint density at radius 2 is 1.83 bits per heavy atom. The lowest BCUT2D eigenvalue weighted by Crippen LogP contribution is -2.59. The molecule has 0 aromatic heterocycles. The Hall–Kier alpha value is -0.0800. The minimum absolute atomic E-state index is 0.323. The number of hydrogen-bond donors (Lipinski definition) is 1. The maximum Gasteiger partial charge on any atom is 0.0252 e. The van der Waals surface area contributed by atoms with Crippen LogP contribution in [0.1, 0.15) is 33.6 Å². The van der Waals surface area contributed by atoms with E-state index in [-0.39, 0.29) is 0 Å². The van der Waals surface area contributed by atoms with Crippen molar-refractivity contribution < 1.29 is 0 Å². The topological polar surface area (TPSA) is 15.3 Å². The second kappa shape index (κ2) is 2.46. The van der Waals surface area contributed by atoms with E-state index in [1.807, 2.05) is 0 Å². The van der Waals surface area contributed by atoms with E-state index in [1.165, 1.54) is 25.9 Å². The fourth-order valence-corrected chi connectivity index (χ4v) is 2.10. The van der Waals surface area contributed by atoms with Crippen molar-refractivity contribution in [1.82, 2.24) is 10.2 Å². The highest BCUT2D eigenvalue weighted by Crippen LogP contribution is 2.41. The summed E-state index contributed by atoms with van der Waals surface area (Å²) in [5.41, 5.74) is 0.892. The predicted molar refractivity (Wildman–Crippen MR) is 51.3 cm³/mol. The summed E-state index contributed by atoms with van der Waals surface area (Å²) >= 11 is 0. The number of nitrogens with one attached hydrogen (secondary N) is 1. The van der Waals surface area contributed by atoms with Gasteiger partial charge in [-0.2, -0.15) is 0 Å². The molecule has 0 aromatic rings. The molecule has 1 N–H and O–H groups in total. The molecular formula is C10H20N2. The number of nitrogens with zero attached hydrogens (tertiary/aromatic N) is 1. The SMILES string of the molecule is CC1(C)CN(C2(C)CC2)CCN1. The predicted octanol–water partition coefficient (Wildman–Crippen LogP) is 1.22. The molecule has 2 aliphatic rings. The van der Waals surface area contributed by atoms with Crippen molar-refractivity contribution in [3.8, 4) is 0 Å². The van der Waals surface area contributed by atoms with Gasteiger partial charge in [-0.3, -0.25) is 4.90 Å². The first-order chi connectivity index (χ1) is 5.52. The Bertz CT molecular complexity index is 182. The Morgan fingerprint density at radius 3 is 2.33 bits per heavy atom. The van der Waals surface area contributed by atoms with Gasteiger partial charge in [0.15, 0.2) is 0 Å². The van der Waals surface area contributed by atoms with E-state index in [0.29, 0.717) is 11.1 Å². The first-order valence-electron chi connectivity index (χ1n) is 5.02. The fourth-order valence-electron chi connectivity index (χ4n) is 2.10. The summed E-state index contributed by atoms with van der Waals surface area (Å²) in [6.45, 7) is 10.6. The summed E-state index contributed by atoms with van der Waals surface area (Å²) in [7, 11) is 0. The van der Waals surface area contributed by atoms with Gasteiger partial charge in [0.1, 0.15) is 0 Å². The fraction of sp³-hybridized carbons (Fsp3) is 1.00. The molecule has 1 aliphatic heterocycles. The van der Waals surface area contributed by atoms with Crippen LogP contribution in [0.25, 0.3) is 0 Å². The smallest absolute Gasteiger partial charge is 0.0252 e. The molecule has 70 valence electrons. The largest absolute Gasteiger partial charge is 0.309 e. The first kappa shape index (κ1) is 8.52. The van der Waals surface area contributed by atoms with E-state index in [1.54, 1.807) is 0 Å². The molecule has 0 aromatic carbocycles. The van der Waals surface area contributed by atoms with Crippen LogP contribution in [0.5, 0.6) is 0 Å². The summed E-state index contributed by atoms with van der Waals surface area (Å²) < 4.78 is 0. The van der Waals surface area contributed by atoms with Crippen molar-refractivity contribution in [1.29, 1.82) is 0 Å². The Kier molecular flexibility index (Phi) is 1.74. The maximum absolute atomic E-state index is 3.55. The van der Waals surface area contributed by atoms with E-state index < -0.39 is 0 Å². The third-order valence-electron chi connectivity index (χ3n) is 3.31. The molecule has 1 saturated heterocycles. The first-order valence-corrected chi connectivity index (χ1v) is 5.02. The van der Waals surface area contributed by atoms with Gasteiger partial charge in [0, 0.05) is 30.7 Å². The van der Waals surface area contributed by atoms with E-state index >= 15 is 0 Å². The third-order valence-corrected chi connectivity index (χ3v) is 3.31. The van der Waals surface area contributed by atoms with Gasteiger partial charge in [0.2, 0.25) is 0 Å². The molecule has 0 radical (unpaired) electrons. The van der Waals surface area contributed by atoms with E-state index in [2.05, 4.69) is 31.0 Å². The highest BCUT2D eigenvalue weighted by molar-refractivity contribution is 5.03.